The third-order valence-corrected chi connectivity index (χ3v) is 4.61. The van der Waals surface area contributed by atoms with Gasteiger partial charge in [0, 0.05) is 12.5 Å². The van der Waals surface area contributed by atoms with Crippen molar-refractivity contribution < 1.29 is 14.3 Å². The first-order valence-corrected chi connectivity index (χ1v) is 9.01. The average molecular weight is 357 g/mol. The van der Waals surface area contributed by atoms with Crippen LogP contribution in [0.1, 0.15) is 44.9 Å². The van der Waals surface area contributed by atoms with Crippen molar-refractivity contribution in [1.29, 1.82) is 0 Å². The van der Waals surface area contributed by atoms with Gasteiger partial charge >= 0.3 is 5.97 Å². The van der Waals surface area contributed by atoms with Gasteiger partial charge in [-0.1, -0.05) is 25.0 Å². The fraction of sp³-hybridized carbons (Fsp3) is 0.474. The van der Waals surface area contributed by atoms with Gasteiger partial charge in [0.1, 0.15) is 5.82 Å². The first-order valence-electron chi connectivity index (χ1n) is 9.01. The number of para-hydroxylation sites is 1. The molecule has 0 aliphatic heterocycles. The standard InChI is InChI=1S/C19H23N3O4/c1-12(18(24)20-13-6-2-3-7-13)26-17(23)11-10-16-21-15-9-5-4-8-14(15)19(25)22-16/h4-5,8-9,12-13H,2-3,6-7,10-11H2,1H3,(H,20,24)(H,21,22,25)/t12-/m0/s1. The number of ether oxygens (including phenoxy) is 1. The number of esters is 1. The SMILES string of the molecule is C[C@H](OC(=O)CCc1nc2ccccc2c(=O)[nH]1)C(=O)NC1CCCC1. The van der Waals surface area contributed by atoms with Gasteiger partial charge in [0.15, 0.2) is 6.10 Å². The first kappa shape index (κ1) is 18.1. The number of H-pyrrole nitrogens is 1. The highest BCUT2D eigenvalue weighted by molar-refractivity contribution is 5.83. The summed E-state index contributed by atoms with van der Waals surface area (Å²) in [4.78, 5) is 43.1. The van der Waals surface area contributed by atoms with Crippen molar-refractivity contribution in [2.75, 3.05) is 0 Å². The van der Waals surface area contributed by atoms with E-state index in [1.165, 1.54) is 0 Å². The number of carbonyl (C=O) groups is 2. The summed E-state index contributed by atoms with van der Waals surface area (Å²) >= 11 is 0. The molecule has 1 aliphatic carbocycles. The second kappa shape index (κ2) is 8.12. The van der Waals surface area contributed by atoms with E-state index >= 15 is 0 Å². The maximum Gasteiger partial charge on any atom is 0.307 e. The molecule has 0 spiro atoms. The highest BCUT2D eigenvalue weighted by atomic mass is 16.5. The van der Waals surface area contributed by atoms with Crippen molar-refractivity contribution in [3.05, 3.63) is 40.4 Å². The number of fused-ring (bicyclic) bond motifs is 1. The van der Waals surface area contributed by atoms with Crippen LogP contribution in [0.3, 0.4) is 0 Å². The quantitative estimate of drug-likeness (QED) is 0.768. The lowest BCUT2D eigenvalue weighted by molar-refractivity contribution is -0.155. The number of hydrogen-bond acceptors (Lipinski definition) is 5. The zero-order valence-electron chi connectivity index (χ0n) is 14.8. The van der Waals surface area contributed by atoms with Gasteiger partial charge in [-0.2, -0.15) is 0 Å². The van der Waals surface area contributed by atoms with E-state index < -0.39 is 12.1 Å². The molecule has 7 nitrogen and oxygen atoms in total. The van der Waals surface area contributed by atoms with Gasteiger partial charge < -0.3 is 15.0 Å². The Kier molecular flexibility index (Phi) is 5.65. The number of hydrogen-bond donors (Lipinski definition) is 2. The van der Waals surface area contributed by atoms with Gasteiger partial charge in [-0.15, -0.1) is 0 Å². The summed E-state index contributed by atoms with van der Waals surface area (Å²) in [5.74, 6) is -0.328. The van der Waals surface area contributed by atoms with Crippen molar-refractivity contribution >= 4 is 22.8 Å². The molecule has 1 atom stereocenters. The van der Waals surface area contributed by atoms with Gasteiger partial charge in [-0.05, 0) is 31.9 Å². The number of nitrogens with one attached hydrogen (secondary N) is 2. The lowest BCUT2D eigenvalue weighted by Crippen LogP contribution is -2.40. The normalized spacial score (nSPS) is 15.7. The number of benzene rings is 1. The molecule has 1 saturated carbocycles. The monoisotopic (exact) mass is 357 g/mol. The van der Waals surface area contributed by atoms with Crippen molar-refractivity contribution in [1.82, 2.24) is 15.3 Å². The van der Waals surface area contributed by atoms with E-state index in [1.54, 1.807) is 31.2 Å². The number of amides is 1. The molecule has 7 heteroatoms. The van der Waals surface area contributed by atoms with Crippen LogP contribution in [0, 0.1) is 0 Å². The summed E-state index contributed by atoms with van der Waals surface area (Å²) in [6, 6.07) is 7.22. The van der Waals surface area contributed by atoms with Gasteiger partial charge in [0.25, 0.3) is 11.5 Å². The largest absolute Gasteiger partial charge is 0.453 e. The molecule has 1 amide bonds. The molecule has 3 rings (SSSR count). The fourth-order valence-corrected chi connectivity index (χ4v) is 3.17. The van der Waals surface area contributed by atoms with Crippen LogP contribution < -0.4 is 10.9 Å². The maximum atomic E-state index is 12.1. The smallest absolute Gasteiger partial charge is 0.307 e. The van der Waals surface area contributed by atoms with Crippen LogP contribution in [-0.4, -0.2) is 34.0 Å². The lowest BCUT2D eigenvalue weighted by atomic mass is 10.2. The molecular weight excluding hydrogens is 334 g/mol. The zero-order valence-corrected chi connectivity index (χ0v) is 14.8. The molecule has 0 radical (unpaired) electrons. The topological polar surface area (TPSA) is 101 Å². The van der Waals surface area contributed by atoms with Crippen LogP contribution in [0.25, 0.3) is 10.9 Å². The Balaban J connectivity index is 1.52. The molecule has 138 valence electrons. The molecule has 0 bridgehead atoms. The molecular formula is C19H23N3O4. The fourth-order valence-electron chi connectivity index (χ4n) is 3.17. The highest BCUT2D eigenvalue weighted by Crippen LogP contribution is 2.17. The number of aromatic amines is 1. The molecule has 1 heterocycles. The number of carbonyl (C=O) groups excluding carboxylic acids is 2. The van der Waals surface area contributed by atoms with E-state index in [4.69, 9.17) is 4.74 Å². The van der Waals surface area contributed by atoms with Crippen LogP contribution in [0.4, 0.5) is 0 Å². The average Bonchev–Trinajstić information content (AvgIpc) is 3.13. The Morgan fingerprint density at radius 3 is 2.81 bits per heavy atom. The molecule has 0 saturated heterocycles. The second-order valence-electron chi connectivity index (χ2n) is 6.65. The summed E-state index contributed by atoms with van der Waals surface area (Å²) in [5, 5.41) is 3.42. The van der Waals surface area contributed by atoms with Gasteiger partial charge in [-0.3, -0.25) is 14.4 Å². The Bertz CT molecular complexity index is 855. The van der Waals surface area contributed by atoms with Crippen LogP contribution >= 0.6 is 0 Å². The number of aromatic nitrogens is 2. The molecule has 2 aromatic rings. The van der Waals surface area contributed by atoms with Gasteiger partial charge in [0.2, 0.25) is 0 Å². The van der Waals surface area contributed by atoms with E-state index in [0.717, 1.165) is 25.7 Å². The summed E-state index contributed by atoms with van der Waals surface area (Å²) in [6.07, 6.45) is 3.66. The molecule has 1 aromatic carbocycles. The van der Waals surface area contributed by atoms with Crippen molar-refractivity contribution in [2.45, 2.75) is 57.6 Å². The Labute approximate surface area is 151 Å². The first-order chi connectivity index (χ1) is 12.5. The van der Waals surface area contributed by atoms with Crippen LogP contribution in [-0.2, 0) is 20.7 Å². The summed E-state index contributed by atoms with van der Waals surface area (Å²) in [5.41, 5.74) is 0.354. The maximum absolute atomic E-state index is 12.1. The van der Waals surface area contributed by atoms with E-state index in [0.29, 0.717) is 16.7 Å². The minimum Gasteiger partial charge on any atom is -0.453 e. The Morgan fingerprint density at radius 2 is 2.04 bits per heavy atom. The van der Waals surface area contributed by atoms with Gasteiger partial charge in [0.05, 0.1) is 17.3 Å². The van der Waals surface area contributed by atoms with Crippen molar-refractivity contribution in [2.24, 2.45) is 0 Å². The highest BCUT2D eigenvalue weighted by Gasteiger charge is 2.23. The van der Waals surface area contributed by atoms with E-state index in [2.05, 4.69) is 15.3 Å². The van der Waals surface area contributed by atoms with E-state index in [9.17, 15) is 14.4 Å². The summed E-state index contributed by atoms with van der Waals surface area (Å²) < 4.78 is 5.19. The summed E-state index contributed by atoms with van der Waals surface area (Å²) in [6.45, 7) is 1.57. The predicted octanol–water partition coefficient (Wildman–Crippen LogP) is 1.85. The molecule has 1 fully saturated rings. The van der Waals surface area contributed by atoms with Crippen LogP contribution in [0.2, 0.25) is 0 Å². The van der Waals surface area contributed by atoms with Crippen molar-refractivity contribution in [3.63, 3.8) is 0 Å². The van der Waals surface area contributed by atoms with Gasteiger partial charge in [-0.25, -0.2) is 4.98 Å². The molecule has 1 aliphatic rings. The van der Waals surface area contributed by atoms with Crippen LogP contribution in [0.15, 0.2) is 29.1 Å². The predicted molar refractivity (Wildman–Crippen MR) is 96.6 cm³/mol. The minimum absolute atomic E-state index is 0.0440. The van der Waals surface area contributed by atoms with Crippen LogP contribution in [0.5, 0.6) is 0 Å². The van der Waals surface area contributed by atoms with E-state index in [1.807, 2.05) is 0 Å². The van der Waals surface area contributed by atoms with Crippen molar-refractivity contribution in [3.8, 4) is 0 Å². The number of nitrogens with zero attached hydrogens (tertiary/aromatic N) is 1. The Hall–Kier alpha value is -2.70. The number of rotatable bonds is 6. The molecule has 2 N–H and O–H groups in total. The number of aryl methyl sites for hydroxylation is 1. The third-order valence-electron chi connectivity index (χ3n) is 4.61. The van der Waals surface area contributed by atoms with E-state index in [-0.39, 0.29) is 30.3 Å². The second-order valence-corrected chi connectivity index (χ2v) is 6.65. The summed E-state index contributed by atoms with van der Waals surface area (Å²) in [7, 11) is 0. The lowest BCUT2D eigenvalue weighted by Gasteiger charge is -2.17. The molecule has 26 heavy (non-hydrogen) atoms. The minimum atomic E-state index is -0.827. The molecule has 1 aromatic heterocycles. The molecule has 0 unspecified atom stereocenters. The zero-order chi connectivity index (χ0) is 18.5. The third kappa shape index (κ3) is 4.47. The Morgan fingerprint density at radius 1 is 1.31 bits per heavy atom.